The van der Waals surface area contributed by atoms with Crippen LogP contribution in [0.1, 0.15) is 44.5 Å². The van der Waals surface area contributed by atoms with Crippen LogP contribution in [0.5, 0.6) is 0 Å². The summed E-state index contributed by atoms with van der Waals surface area (Å²) in [7, 11) is -7.79. The Hall–Kier alpha value is -1.82. The predicted octanol–water partition coefficient (Wildman–Crippen LogP) is 5.51. The molecule has 0 bridgehead atoms. The number of hydrogen-bond acceptors (Lipinski definition) is 1. The topological polar surface area (TPSA) is 23.1 Å². The average Bonchev–Trinajstić information content (AvgIpc) is 2.76. The molecule has 0 aliphatic carbocycles. The van der Waals surface area contributed by atoms with Crippen LogP contribution in [0.15, 0.2) is 12.1 Å². The van der Waals surface area contributed by atoms with Crippen molar-refractivity contribution in [2.45, 2.75) is 56.0 Å². The summed E-state index contributed by atoms with van der Waals surface area (Å²) in [5, 5.41) is -6.99. The van der Waals surface area contributed by atoms with Gasteiger partial charge in [0.15, 0.2) is 0 Å². The Kier molecular flexibility index (Phi) is 12.8. The molecule has 0 fully saturated rings. The van der Waals surface area contributed by atoms with Crippen molar-refractivity contribution in [3.63, 3.8) is 0 Å². The van der Waals surface area contributed by atoms with Crippen LogP contribution in [0.4, 0.5) is 105 Å². The molecule has 0 aliphatic heterocycles. The van der Waals surface area contributed by atoms with E-state index in [-0.39, 0.29) is 40.0 Å². The van der Waals surface area contributed by atoms with E-state index in [1.54, 1.807) is 0 Å². The fourth-order valence-corrected chi connectivity index (χ4v) is 7.07. The van der Waals surface area contributed by atoms with Gasteiger partial charge in [-0.3, -0.25) is 0 Å². The van der Waals surface area contributed by atoms with Gasteiger partial charge in [-0.15, -0.1) is 0 Å². The Bertz CT molecular complexity index is 1420. The smallest absolute Gasteiger partial charge is 1.00 e. The van der Waals surface area contributed by atoms with E-state index in [9.17, 15) is 110 Å². The summed E-state index contributed by atoms with van der Waals surface area (Å²) in [6.45, 7) is -0.900. The zero-order valence-electron chi connectivity index (χ0n) is 22.2. The van der Waals surface area contributed by atoms with Crippen molar-refractivity contribution < 1.29 is 127 Å². The van der Waals surface area contributed by atoms with Crippen molar-refractivity contribution >= 4 is 41.7 Å². The summed E-state index contributed by atoms with van der Waals surface area (Å²) >= 11 is 0. The van der Waals surface area contributed by atoms with Crippen LogP contribution < -0.4 is 32.2 Å². The van der Waals surface area contributed by atoms with Crippen LogP contribution in [0, 0.1) is 0 Å². The molecule has 0 amide bonds. The first-order valence-electron chi connectivity index (χ1n) is 10.9. The Balaban J connectivity index is 0.0000115. The molecule has 49 heavy (non-hydrogen) atoms. The van der Waals surface area contributed by atoms with Gasteiger partial charge < -0.3 is 21.8 Å². The van der Waals surface area contributed by atoms with E-state index in [1.807, 2.05) is 0 Å². The van der Waals surface area contributed by atoms with Crippen molar-refractivity contribution in [2.75, 3.05) is 0 Å². The first-order valence-corrected chi connectivity index (χ1v) is 13.3. The first kappa shape index (κ1) is 47.2. The second-order valence-corrected chi connectivity index (χ2v) is 12.4. The molecule has 2 rings (SSSR count). The summed E-state index contributed by atoms with van der Waals surface area (Å²) < 4.78 is 329. The SMILES string of the molecule is C[Si]([O-])(c1cc(C(F)(F)F)c(C(F)(F)F)c(C(F)(F)F)c1C(F)(F)F)c1cc(C(F)(F)F)c(C(F)(F)F)c(C(F)(F)F)c1C(F)(F)F.[Br-].[Mg+2]. The van der Waals surface area contributed by atoms with Gasteiger partial charge in [0.1, 0.15) is 0 Å². The summed E-state index contributed by atoms with van der Waals surface area (Å²) in [5.74, 6) is 0. The molecule has 0 saturated carbocycles. The molecule has 276 valence electrons. The van der Waals surface area contributed by atoms with E-state index >= 15 is 0 Å². The third kappa shape index (κ3) is 9.35. The van der Waals surface area contributed by atoms with E-state index in [2.05, 4.69) is 0 Å². The molecule has 0 N–H and O–H groups in total. The summed E-state index contributed by atoms with van der Waals surface area (Å²) in [6, 6.07) is -3.59. The zero-order chi connectivity index (χ0) is 37.7. The second kappa shape index (κ2) is 13.3. The molecule has 0 aliphatic rings. The largest absolute Gasteiger partial charge is 2.00 e. The Labute approximate surface area is 281 Å². The van der Waals surface area contributed by atoms with E-state index in [4.69, 9.17) is 0 Å². The zero-order valence-corrected chi connectivity index (χ0v) is 26.2. The van der Waals surface area contributed by atoms with Gasteiger partial charge in [0, 0.05) is 8.32 Å². The minimum atomic E-state index is -7.79. The van der Waals surface area contributed by atoms with E-state index < -0.39 is 131 Å². The van der Waals surface area contributed by atoms with Crippen LogP contribution in [0.25, 0.3) is 0 Å². The molecular weight excluding hydrogens is 856 g/mol. The average molecular weight is 862 g/mol. The predicted molar refractivity (Wildman–Crippen MR) is 110 cm³/mol. The summed E-state index contributed by atoms with van der Waals surface area (Å²) in [5.41, 5.74) is -33.7. The third-order valence-electron chi connectivity index (χ3n) is 5.99. The quantitative estimate of drug-likeness (QED) is 0.289. The Morgan fingerprint density at radius 2 is 0.551 bits per heavy atom. The maximum atomic E-state index is 14.0. The van der Waals surface area contributed by atoms with Gasteiger partial charge >= 0.3 is 72.5 Å². The molecule has 0 heterocycles. The molecule has 2 aromatic rings. The van der Waals surface area contributed by atoms with Gasteiger partial charge in [-0.1, -0.05) is 29.1 Å². The van der Waals surface area contributed by atoms with Crippen molar-refractivity contribution in [3.8, 4) is 0 Å². The van der Waals surface area contributed by atoms with Crippen LogP contribution in [0.3, 0.4) is 0 Å². The van der Waals surface area contributed by atoms with E-state index in [0.29, 0.717) is 0 Å². The number of benzene rings is 2. The number of hydrogen-bond donors (Lipinski definition) is 0. The Morgan fingerprint density at radius 3 is 0.694 bits per heavy atom. The molecule has 0 spiro atoms. The summed E-state index contributed by atoms with van der Waals surface area (Å²) in [6.07, 6.45) is -57.1. The fourth-order valence-electron chi connectivity index (χ4n) is 4.46. The van der Waals surface area contributed by atoms with Gasteiger partial charge in [-0.25, -0.2) is 0 Å². The molecule has 0 atom stereocenters. The molecule has 2 aromatic carbocycles. The van der Waals surface area contributed by atoms with Gasteiger partial charge in [-0.2, -0.15) is 105 Å². The number of halogens is 25. The third-order valence-corrected chi connectivity index (χ3v) is 8.84. The van der Waals surface area contributed by atoms with Gasteiger partial charge in [0.25, 0.3) is 0 Å². The molecule has 0 unspecified atom stereocenters. The first-order chi connectivity index (χ1) is 20.2. The monoisotopic (exact) mass is 860 g/mol. The van der Waals surface area contributed by atoms with Crippen molar-refractivity contribution in [1.29, 1.82) is 0 Å². The van der Waals surface area contributed by atoms with Gasteiger partial charge in [0.05, 0.1) is 44.5 Å². The molecular formula is C21H5BrF24MgOSi. The van der Waals surface area contributed by atoms with Crippen molar-refractivity contribution in [1.82, 2.24) is 0 Å². The van der Waals surface area contributed by atoms with Gasteiger partial charge in [0.2, 0.25) is 0 Å². The number of alkyl halides is 24. The standard InChI is InChI=1S/C21H5F24OSi.BrH.Mg/c1-47(46,6-2-4(14(22,23)24)8(16(28,29)30)12(20(40,41)42)10(6)18(34,35)36)7-3-5(15(25,26)27)9(17(31,32)33)13(21(43,44)45)11(7)19(37,38)39;;/h2-3H,1H3;1H;/q-1;;+2/p-1. The van der Waals surface area contributed by atoms with Crippen LogP contribution in [-0.2, 0) is 49.4 Å². The fraction of sp³-hybridized carbons (Fsp3) is 0.429. The van der Waals surface area contributed by atoms with Crippen LogP contribution in [0.2, 0.25) is 6.55 Å². The van der Waals surface area contributed by atoms with Crippen LogP contribution >= 0.6 is 0 Å². The molecule has 0 aromatic heterocycles. The van der Waals surface area contributed by atoms with Gasteiger partial charge in [-0.05, 0) is 0 Å². The molecule has 1 nitrogen and oxygen atoms in total. The summed E-state index contributed by atoms with van der Waals surface area (Å²) in [4.78, 5) is 13.6. The molecule has 0 radical (unpaired) electrons. The Morgan fingerprint density at radius 1 is 0.367 bits per heavy atom. The maximum absolute atomic E-state index is 14.0. The van der Waals surface area contributed by atoms with Crippen molar-refractivity contribution in [2.24, 2.45) is 0 Å². The second-order valence-electron chi connectivity index (χ2n) is 9.21. The maximum Gasteiger partial charge on any atom is 2.00 e. The number of rotatable bonds is 2. The molecule has 0 saturated heterocycles. The minimum absolute atomic E-state index is 0. The van der Waals surface area contributed by atoms with E-state index in [1.165, 1.54) is 0 Å². The van der Waals surface area contributed by atoms with E-state index in [0.717, 1.165) is 0 Å². The minimum Gasteiger partial charge on any atom is -1.00 e. The normalized spacial score (nSPS) is 14.4. The molecule has 28 heteroatoms. The van der Waals surface area contributed by atoms with Crippen LogP contribution in [-0.4, -0.2) is 31.4 Å². The van der Waals surface area contributed by atoms with Crippen molar-refractivity contribution in [3.05, 3.63) is 56.6 Å².